The Bertz CT molecular complexity index is 578. The standard InChI is InChI=1S/C17H24N4O3/c22-15(20-7-9-23-10-8-20)14-11-17(13-24-14)3-1-6-21(12-17)16-18-4-2-5-19-16/h2,4-5,14H,1,3,6-13H2/t14-,17-/m1/s1. The maximum absolute atomic E-state index is 12.7. The molecule has 4 rings (SSSR count). The first-order valence-corrected chi connectivity index (χ1v) is 8.76. The topological polar surface area (TPSA) is 67.8 Å². The average molecular weight is 332 g/mol. The number of hydrogen-bond donors (Lipinski definition) is 0. The number of nitrogens with zero attached hydrogens (tertiary/aromatic N) is 4. The van der Waals surface area contributed by atoms with Gasteiger partial charge in [-0.2, -0.15) is 0 Å². The van der Waals surface area contributed by atoms with Gasteiger partial charge >= 0.3 is 0 Å². The van der Waals surface area contributed by atoms with Crippen LogP contribution >= 0.6 is 0 Å². The molecule has 1 amide bonds. The van der Waals surface area contributed by atoms with Crippen LogP contribution in [-0.2, 0) is 14.3 Å². The first kappa shape index (κ1) is 15.8. The van der Waals surface area contributed by atoms with E-state index in [1.807, 2.05) is 11.0 Å². The maximum Gasteiger partial charge on any atom is 0.251 e. The van der Waals surface area contributed by atoms with Crippen molar-refractivity contribution in [2.24, 2.45) is 5.41 Å². The molecule has 0 saturated carbocycles. The van der Waals surface area contributed by atoms with E-state index in [-0.39, 0.29) is 17.4 Å². The lowest BCUT2D eigenvalue weighted by Gasteiger charge is -2.39. The molecule has 0 aromatic carbocycles. The number of amides is 1. The van der Waals surface area contributed by atoms with Crippen molar-refractivity contribution in [3.63, 3.8) is 0 Å². The minimum atomic E-state index is -0.306. The number of carbonyl (C=O) groups is 1. The van der Waals surface area contributed by atoms with E-state index in [4.69, 9.17) is 9.47 Å². The van der Waals surface area contributed by atoms with E-state index in [9.17, 15) is 4.79 Å². The molecule has 0 unspecified atom stereocenters. The van der Waals surface area contributed by atoms with Gasteiger partial charge in [0.1, 0.15) is 6.10 Å². The number of rotatable bonds is 2. The van der Waals surface area contributed by atoms with E-state index in [0.717, 1.165) is 38.3 Å². The van der Waals surface area contributed by atoms with Crippen LogP contribution in [0.2, 0.25) is 0 Å². The van der Waals surface area contributed by atoms with E-state index < -0.39 is 0 Å². The van der Waals surface area contributed by atoms with Crippen molar-refractivity contribution in [3.05, 3.63) is 18.5 Å². The van der Waals surface area contributed by atoms with Crippen LogP contribution in [0.3, 0.4) is 0 Å². The third kappa shape index (κ3) is 3.10. The fourth-order valence-corrected chi connectivity index (χ4v) is 4.05. The largest absolute Gasteiger partial charge is 0.378 e. The Morgan fingerprint density at radius 3 is 2.79 bits per heavy atom. The Balaban J connectivity index is 1.42. The lowest BCUT2D eigenvalue weighted by molar-refractivity contribution is -0.144. The molecule has 3 fully saturated rings. The molecule has 3 aliphatic rings. The molecule has 130 valence electrons. The second-order valence-electron chi connectivity index (χ2n) is 7.02. The van der Waals surface area contributed by atoms with Crippen molar-refractivity contribution >= 4 is 11.9 Å². The summed E-state index contributed by atoms with van der Waals surface area (Å²) in [4.78, 5) is 25.5. The van der Waals surface area contributed by atoms with Gasteiger partial charge < -0.3 is 19.3 Å². The summed E-state index contributed by atoms with van der Waals surface area (Å²) in [5.41, 5.74) is 0.0457. The molecule has 7 nitrogen and oxygen atoms in total. The summed E-state index contributed by atoms with van der Waals surface area (Å²) < 4.78 is 11.3. The van der Waals surface area contributed by atoms with Crippen LogP contribution in [-0.4, -0.2) is 72.9 Å². The van der Waals surface area contributed by atoms with Crippen LogP contribution < -0.4 is 4.90 Å². The zero-order valence-electron chi connectivity index (χ0n) is 13.9. The number of hydrogen-bond acceptors (Lipinski definition) is 6. The molecule has 3 saturated heterocycles. The molecule has 0 aliphatic carbocycles. The third-order valence-electron chi connectivity index (χ3n) is 5.30. The molecule has 24 heavy (non-hydrogen) atoms. The van der Waals surface area contributed by atoms with Crippen LogP contribution in [0.25, 0.3) is 0 Å². The summed E-state index contributed by atoms with van der Waals surface area (Å²) in [5, 5.41) is 0. The Kier molecular flexibility index (Phi) is 4.37. The highest BCUT2D eigenvalue weighted by molar-refractivity contribution is 5.81. The van der Waals surface area contributed by atoms with Gasteiger partial charge in [-0.25, -0.2) is 9.97 Å². The molecule has 0 radical (unpaired) electrons. The third-order valence-corrected chi connectivity index (χ3v) is 5.30. The molecule has 3 aliphatic heterocycles. The molecule has 1 aromatic heterocycles. The summed E-state index contributed by atoms with van der Waals surface area (Å²) >= 11 is 0. The lowest BCUT2D eigenvalue weighted by Crippen LogP contribution is -2.47. The van der Waals surface area contributed by atoms with Crippen molar-refractivity contribution in [3.8, 4) is 0 Å². The van der Waals surface area contributed by atoms with Crippen LogP contribution in [0.15, 0.2) is 18.5 Å². The summed E-state index contributed by atoms with van der Waals surface area (Å²) in [7, 11) is 0. The van der Waals surface area contributed by atoms with Crippen molar-refractivity contribution in [1.29, 1.82) is 0 Å². The van der Waals surface area contributed by atoms with E-state index in [2.05, 4.69) is 14.9 Å². The van der Waals surface area contributed by atoms with Gasteiger partial charge in [0.2, 0.25) is 5.95 Å². The van der Waals surface area contributed by atoms with E-state index in [1.165, 1.54) is 0 Å². The lowest BCUT2D eigenvalue weighted by atomic mass is 9.78. The van der Waals surface area contributed by atoms with E-state index in [1.54, 1.807) is 12.4 Å². The van der Waals surface area contributed by atoms with E-state index in [0.29, 0.717) is 32.9 Å². The number of carbonyl (C=O) groups excluding carboxylic acids is 1. The number of ether oxygens (including phenoxy) is 2. The average Bonchev–Trinajstić information content (AvgIpc) is 3.06. The summed E-state index contributed by atoms with van der Waals surface area (Å²) in [6.07, 6.45) is 6.23. The zero-order chi connectivity index (χ0) is 16.4. The fraction of sp³-hybridized carbons (Fsp3) is 0.706. The van der Waals surface area contributed by atoms with Gasteiger partial charge in [-0.05, 0) is 25.3 Å². The Labute approximate surface area is 142 Å². The zero-order valence-corrected chi connectivity index (χ0v) is 13.9. The van der Waals surface area contributed by atoms with Gasteiger partial charge in [0, 0.05) is 44.0 Å². The summed E-state index contributed by atoms with van der Waals surface area (Å²) in [6, 6.07) is 1.83. The van der Waals surface area contributed by atoms with Crippen molar-refractivity contribution in [1.82, 2.24) is 14.9 Å². The molecule has 1 spiro atoms. The fourth-order valence-electron chi connectivity index (χ4n) is 4.05. The second kappa shape index (κ2) is 6.64. The van der Waals surface area contributed by atoms with Crippen LogP contribution in [0.1, 0.15) is 19.3 Å². The SMILES string of the molecule is O=C([C@H]1C[C@@]2(CCCN(c3ncccn3)C2)CO1)N1CCOCC1. The number of anilines is 1. The van der Waals surface area contributed by atoms with E-state index >= 15 is 0 Å². The van der Waals surface area contributed by atoms with Gasteiger partial charge in [-0.3, -0.25) is 4.79 Å². The Hall–Kier alpha value is -1.73. The minimum Gasteiger partial charge on any atom is -0.378 e. The van der Waals surface area contributed by atoms with Gasteiger partial charge in [0.25, 0.3) is 5.91 Å². The highest BCUT2D eigenvalue weighted by Gasteiger charge is 2.46. The molecule has 0 N–H and O–H groups in total. The van der Waals surface area contributed by atoms with Crippen LogP contribution in [0.5, 0.6) is 0 Å². The predicted molar refractivity (Wildman–Crippen MR) is 87.7 cm³/mol. The van der Waals surface area contributed by atoms with Crippen LogP contribution in [0, 0.1) is 5.41 Å². The van der Waals surface area contributed by atoms with Crippen molar-refractivity contribution in [2.45, 2.75) is 25.4 Å². The number of piperidine rings is 1. The Morgan fingerprint density at radius 1 is 1.21 bits per heavy atom. The smallest absolute Gasteiger partial charge is 0.251 e. The van der Waals surface area contributed by atoms with Crippen LogP contribution in [0.4, 0.5) is 5.95 Å². The minimum absolute atomic E-state index is 0.0457. The number of aromatic nitrogens is 2. The normalized spacial score (nSPS) is 30.8. The molecule has 1 aromatic rings. The number of morpholine rings is 1. The molecular weight excluding hydrogens is 308 g/mol. The molecular formula is C17H24N4O3. The molecule has 0 bridgehead atoms. The Morgan fingerprint density at radius 2 is 2.00 bits per heavy atom. The molecule has 2 atom stereocenters. The first-order valence-electron chi connectivity index (χ1n) is 8.76. The highest BCUT2D eigenvalue weighted by Crippen LogP contribution is 2.41. The van der Waals surface area contributed by atoms with Gasteiger partial charge in [0.15, 0.2) is 0 Å². The van der Waals surface area contributed by atoms with Gasteiger partial charge in [0.05, 0.1) is 19.8 Å². The summed E-state index contributed by atoms with van der Waals surface area (Å²) in [6.45, 7) is 5.09. The first-order chi connectivity index (χ1) is 11.8. The molecule has 7 heteroatoms. The molecule has 4 heterocycles. The quantitative estimate of drug-likeness (QED) is 0.795. The highest BCUT2D eigenvalue weighted by atomic mass is 16.5. The maximum atomic E-state index is 12.7. The van der Waals surface area contributed by atoms with Crippen molar-refractivity contribution < 1.29 is 14.3 Å². The van der Waals surface area contributed by atoms with Gasteiger partial charge in [-0.1, -0.05) is 0 Å². The monoisotopic (exact) mass is 332 g/mol. The van der Waals surface area contributed by atoms with Gasteiger partial charge in [-0.15, -0.1) is 0 Å². The summed E-state index contributed by atoms with van der Waals surface area (Å²) in [5.74, 6) is 0.905. The predicted octanol–water partition coefficient (Wildman–Crippen LogP) is 0.711. The second-order valence-corrected chi connectivity index (χ2v) is 7.02. The van der Waals surface area contributed by atoms with Crippen molar-refractivity contribution in [2.75, 3.05) is 50.9 Å².